The maximum absolute atomic E-state index is 12.2. The molecule has 0 saturated heterocycles. The van der Waals surface area contributed by atoms with Crippen molar-refractivity contribution in [2.75, 3.05) is 11.9 Å². The second-order valence-electron chi connectivity index (χ2n) is 5.23. The number of carbonyl (C=O) groups is 2. The summed E-state index contributed by atoms with van der Waals surface area (Å²) in [6.07, 6.45) is 0.0815. The lowest BCUT2D eigenvalue weighted by Gasteiger charge is -2.13. The zero-order chi connectivity index (χ0) is 17.7. The average Bonchev–Trinajstić information content (AvgIpc) is 2.90. The van der Waals surface area contributed by atoms with Gasteiger partial charge in [0.2, 0.25) is 5.91 Å². The van der Waals surface area contributed by atoms with E-state index in [-0.39, 0.29) is 30.3 Å². The van der Waals surface area contributed by atoms with Gasteiger partial charge in [-0.05, 0) is 20.8 Å². The van der Waals surface area contributed by atoms with Crippen molar-refractivity contribution in [3.63, 3.8) is 0 Å². The number of hydrogen-bond acceptors (Lipinski definition) is 6. The van der Waals surface area contributed by atoms with Crippen LogP contribution in [0.5, 0.6) is 0 Å². The van der Waals surface area contributed by atoms with Gasteiger partial charge in [-0.3, -0.25) is 14.4 Å². The number of nitrogens with one attached hydrogen (secondary N) is 1. The molecular formula is C16H19N3O4S. The molecule has 0 aliphatic rings. The second-order valence-corrected chi connectivity index (χ2v) is 6.09. The lowest BCUT2D eigenvalue weighted by Crippen LogP contribution is -2.23. The van der Waals surface area contributed by atoms with Crippen LogP contribution >= 0.6 is 11.3 Å². The van der Waals surface area contributed by atoms with E-state index < -0.39 is 0 Å². The summed E-state index contributed by atoms with van der Waals surface area (Å²) in [7, 11) is 0. The van der Waals surface area contributed by atoms with E-state index in [1.54, 1.807) is 30.7 Å². The summed E-state index contributed by atoms with van der Waals surface area (Å²) >= 11 is 1.25. The highest BCUT2D eigenvalue weighted by atomic mass is 32.1. The molecule has 0 fully saturated rings. The van der Waals surface area contributed by atoms with Gasteiger partial charge in [0.25, 0.3) is 0 Å². The van der Waals surface area contributed by atoms with Gasteiger partial charge in [0.15, 0.2) is 10.6 Å². The first-order valence-electron chi connectivity index (χ1n) is 7.47. The van der Waals surface area contributed by atoms with Crippen LogP contribution in [0.2, 0.25) is 0 Å². The molecule has 0 radical (unpaired) electrons. The minimum absolute atomic E-state index is 0.0785. The molecule has 2 aromatic rings. The van der Waals surface area contributed by atoms with E-state index >= 15 is 0 Å². The second kappa shape index (κ2) is 7.87. The van der Waals surface area contributed by atoms with Crippen molar-refractivity contribution in [1.29, 1.82) is 0 Å². The maximum Gasteiger partial charge on any atom is 0.311 e. The zero-order valence-corrected chi connectivity index (χ0v) is 14.6. The maximum atomic E-state index is 12.2. The SMILES string of the molecule is CCOC(=O)Cc1csc(NC(=O)Cn2c(C)cc(=O)cc2C)n1. The van der Waals surface area contributed by atoms with E-state index in [9.17, 15) is 14.4 Å². The van der Waals surface area contributed by atoms with Crippen molar-refractivity contribution < 1.29 is 14.3 Å². The highest BCUT2D eigenvalue weighted by Crippen LogP contribution is 2.16. The highest BCUT2D eigenvalue weighted by Gasteiger charge is 2.12. The minimum Gasteiger partial charge on any atom is -0.466 e. The summed E-state index contributed by atoms with van der Waals surface area (Å²) in [5.74, 6) is -0.595. The number of aryl methyl sites for hydroxylation is 2. The molecule has 1 amide bonds. The van der Waals surface area contributed by atoms with Gasteiger partial charge >= 0.3 is 5.97 Å². The Balaban J connectivity index is 1.99. The summed E-state index contributed by atoms with van der Waals surface area (Å²) in [6, 6.07) is 2.97. The zero-order valence-electron chi connectivity index (χ0n) is 13.8. The molecule has 0 bridgehead atoms. The van der Waals surface area contributed by atoms with Crippen LogP contribution in [0.25, 0.3) is 0 Å². The molecule has 1 N–H and O–H groups in total. The average molecular weight is 349 g/mol. The Labute approximate surface area is 143 Å². The van der Waals surface area contributed by atoms with Crippen molar-refractivity contribution in [2.24, 2.45) is 0 Å². The van der Waals surface area contributed by atoms with Gasteiger partial charge in [-0.15, -0.1) is 11.3 Å². The van der Waals surface area contributed by atoms with Gasteiger partial charge in [0, 0.05) is 28.9 Å². The number of anilines is 1. The van der Waals surface area contributed by atoms with Gasteiger partial charge in [0.1, 0.15) is 6.54 Å². The molecule has 0 spiro atoms. The number of pyridine rings is 1. The summed E-state index contributed by atoms with van der Waals surface area (Å²) in [5.41, 5.74) is 1.92. The molecule has 0 atom stereocenters. The molecule has 2 rings (SSSR count). The smallest absolute Gasteiger partial charge is 0.311 e. The van der Waals surface area contributed by atoms with E-state index in [1.807, 2.05) is 0 Å². The van der Waals surface area contributed by atoms with Crippen molar-refractivity contribution in [3.8, 4) is 0 Å². The van der Waals surface area contributed by atoms with Gasteiger partial charge in [-0.2, -0.15) is 0 Å². The third-order valence-corrected chi connectivity index (χ3v) is 4.09. The highest BCUT2D eigenvalue weighted by molar-refractivity contribution is 7.13. The monoisotopic (exact) mass is 349 g/mol. The Kier molecular flexibility index (Phi) is 5.86. The molecule has 0 aliphatic carbocycles. The van der Waals surface area contributed by atoms with Crippen molar-refractivity contribution >= 4 is 28.3 Å². The van der Waals surface area contributed by atoms with Gasteiger partial charge in [0.05, 0.1) is 18.7 Å². The van der Waals surface area contributed by atoms with Crippen LogP contribution < -0.4 is 10.7 Å². The number of amides is 1. The molecule has 0 aromatic carbocycles. The van der Waals surface area contributed by atoms with Crippen molar-refractivity contribution in [3.05, 3.63) is 44.8 Å². The van der Waals surface area contributed by atoms with Crippen molar-refractivity contribution in [1.82, 2.24) is 9.55 Å². The number of rotatable bonds is 6. The third kappa shape index (κ3) is 4.76. The van der Waals surface area contributed by atoms with Crippen LogP contribution in [0.4, 0.5) is 5.13 Å². The topological polar surface area (TPSA) is 90.3 Å². The quantitative estimate of drug-likeness (QED) is 0.801. The lowest BCUT2D eigenvalue weighted by atomic mass is 10.3. The first kappa shape index (κ1) is 17.9. The summed E-state index contributed by atoms with van der Waals surface area (Å²) < 4.78 is 6.61. The van der Waals surface area contributed by atoms with Gasteiger partial charge in [-0.25, -0.2) is 4.98 Å². The molecule has 8 heteroatoms. The van der Waals surface area contributed by atoms with Crippen LogP contribution in [0.15, 0.2) is 22.3 Å². The molecule has 2 heterocycles. The van der Waals surface area contributed by atoms with E-state index in [4.69, 9.17) is 4.74 Å². The molecule has 0 aliphatic heterocycles. The Morgan fingerprint density at radius 1 is 1.29 bits per heavy atom. The van der Waals surface area contributed by atoms with Crippen LogP contribution in [-0.4, -0.2) is 28.0 Å². The molecule has 128 valence electrons. The normalized spacial score (nSPS) is 10.5. The standard InChI is InChI=1S/C16H19N3O4S/c1-4-23-15(22)7-12-9-24-16(17-12)18-14(21)8-19-10(2)5-13(20)6-11(19)3/h5-6,9H,4,7-8H2,1-3H3,(H,17,18,21). The number of aromatic nitrogens is 2. The van der Waals surface area contributed by atoms with E-state index in [2.05, 4.69) is 10.3 Å². The van der Waals surface area contributed by atoms with E-state index in [1.165, 1.54) is 23.5 Å². The number of nitrogens with zero attached hydrogens (tertiary/aromatic N) is 2. The number of carbonyl (C=O) groups excluding carboxylic acids is 2. The Morgan fingerprint density at radius 3 is 2.58 bits per heavy atom. The number of ether oxygens (including phenoxy) is 1. The van der Waals surface area contributed by atoms with Crippen molar-refractivity contribution in [2.45, 2.75) is 33.7 Å². The molecular weight excluding hydrogens is 330 g/mol. The lowest BCUT2D eigenvalue weighted by molar-refractivity contribution is -0.142. The van der Waals surface area contributed by atoms with Crippen LogP contribution in [0, 0.1) is 13.8 Å². The van der Waals surface area contributed by atoms with Crippen LogP contribution in [-0.2, 0) is 27.3 Å². The summed E-state index contributed by atoms with van der Waals surface area (Å²) in [6.45, 7) is 5.71. The molecule has 0 saturated carbocycles. The number of esters is 1. The predicted molar refractivity (Wildman–Crippen MR) is 91.3 cm³/mol. The Bertz CT molecular complexity index is 784. The molecule has 0 unspecified atom stereocenters. The van der Waals surface area contributed by atoms with Gasteiger partial charge in [-0.1, -0.05) is 0 Å². The summed E-state index contributed by atoms with van der Waals surface area (Å²) in [4.78, 5) is 39.2. The number of hydrogen-bond donors (Lipinski definition) is 1. The van der Waals surface area contributed by atoms with Gasteiger partial charge < -0.3 is 14.6 Å². The molecule has 2 aromatic heterocycles. The largest absolute Gasteiger partial charge is 0.466 e. The summed E-state index contributed by atoms with van der Waals surface area (Å²) in [5, 5.41) is 4.84. The van der Waals surface area contributed by atoms with Crippen LogP contribution in [0.3, 0.4) is 0 Å². The molecule has 7 nitrogen and oxygen atoms in total. The first-order chi connectivity index (χ1) is 11.4. The molecule has 24 heavy (non-hydrogen) atoms. The van der Waals surface area contributed by atoms with Crippen LogP contribution in [0.1, 0.15) is 24.0 Å². The third-order valence-electron chi connectivity index (χ3n) is 3.28. The minimum atomic E-state index is -0.347. The Morgan fingerprint density at radius 2 is 1.96 bits per heavy atom. The fourth-order valence-corrected chi connectivity index (χ4v) is 2.97. The Hall–Kier alpha value is -2.48. The van der Waals surface area contributed by atoms with E-state index in [0.717, 1.165) is 11.4 Å². The van der Waals surface area contributed by atoms with E-state index in [0.29, 0.717) is 17.4 Å². The predicted octanol–water partition coefficient (Wildman–Crippen LogP) is 1.67. The number of thiazole rings is 1. The fraction of sp³-hybridized carbons (Fsp3) is 0.375. The first-order valence-corrected chi connectivity index (χ1v) is 8.35. The fourth-order valence-electron chi connectivity index (χ4n) is 2.24.